The van der Waals surface area contributed by atoms with Crippen LogP contribution < -0.4 is 9.47 Å². The highest BCUT2D eigenvalue weighted by Crippen LogP contribution is 2.19. The van der Waals surface area contributed by atoms with Crippen molar-refractivity contribution in [2.45, 2.75) is 32.6 Å². The van der Waals surface area contributed by atoms with Gasteiger partial charge in [0, 0.05) is 6.07 Å². The van der Waals surface area contributed by atoms with Crippen molar-refractivity contribution in [2.75, 3.05) is 13.2 Å². The Morgan fingerprint density at radius 2 is 1.76 bits per heavy atom. The predicted molar refractivity (Wildman–Crippen MR) is 71.8 cm³/mol. The second-order valence-electron chi connectivity index (χ2n) is 3.96. The Bertz CT molecular complexity index is 320. The Morgan fingerprint density at radius 3 is 2.35 bits per heavy atom. The van der Waals surface area contributed by atoms with E-state index in [-0.39, 0.29) is 0 Å². The monoisotopic (exact) mass is 234 g/mol. The summed E-state index contributed by atoms with van der Waals surface area (Å²) in [5, 5.41) is 0. The lowest BCUT2D eigenvalue weighted by atomic mass is 10.3. The topological polar surface area (TPSA) is 18.5 Å². The van der Waals surface area contributed by atoms with Crippen LogP contribution in [0.3, 0.4) is 0 Å². The highest BCUT2D eigenvalue weighted by Gasteiger charge is 1.97. The Kier molecular flexibility index (Phi) is 6.96. The Hall–Kier alpha value is -1.44. The maximum atomic E-state index is 5.63. The summed E-state index contributed by atoms with van der Waals surface area (Å²) in [6, 6.07) is 7.83. The Labute approximate surface area is 104 Å². The van der Waals surface area contributed by atoms with Crippen molar-refractivity contribution >= 4 is 0 Å². The fourth-order valence-electron chi connectivity index (χ4n) is 1.41. The van der Waals surface area contributed by atoms with Crippen LogP contribution in [0.4, 0.5) is 0 Å². The van der Waals surface area contributed by atoms with Crippen molar-refractivity contribution in [3.8, 4) is 11.5 Å². The molecular weight excluding hydrogens is 212 g/mol. The quantitative estimate of drug-likeness (QED) is 0.470. The van der Waals surface area contributed by atoms with E-state index in [0.29, 0.717) is 0 Å². The van der Waals surface area contributed by atoms with E-state index < -0.39 is 0 Å². The molecule has 1 aromatic carbocycles. The summed E-state index contributed by atoms with van der Waals surface area (Å²) in [4.78, 5) is 0. The van der Waals surface area contributed by atoms with Crippen LogP contribution in [-0.2, 0) is 0 Å². The first kappa shape index (κ1) is 13.6. The van der Waals surface area contributed by atoms with Crippen LogP contribution in [-0.4, -0.2) is 13.2 Å². The van der Waals surface area contributed by atoms with Gasteiger partial charge in [-0.15, -0.1) is 6.58 Å². The molecule has 0 aromatic heterocycles. The fraction of sp³-hybridized carbons (Fsp3) is 0.467. The van der Waals surface area contributed by atoms with E-state index in [1.54, 1.807) is 0 Å². The maximum Gasteiger partial charge on any atom is 0.122 e. The van der Waals surface area contributed by atoms with Gasteiger partial charge in [0.15, 0.2) is 0 Å². The molecule has 0 fully saturated rings. The van der Waals surface area contributed by atoms with Gasteiger partial charge in [-0.1, -0.05) is 25.5 Å². The number of hydrogen-bond acceptors (Lipinski definition) is 2. The summed E-state index contributed by atoms with van der Waals surface area (Å²) in [5.41, 5.74) is 0. The van der Waals surface area contributed by atoms with Crippen LogP contribution in [0.15, 0.2) is 36.9 Å². The van der Waals surface area contributed by atoms with E-state index in [1.165, 1.54) is 0 Å². The molecule has 2 nitrogen and oxygen atoms in total. The Morgan fingerprint density at radius 1 is 1.12 bits per heavy atom. The molecule has 2 heteroatoms. The molecule has 17 heavy (non-hydrogen) atoms. The third kappa shape index (κ3) is 6.00. The van der Waals surface area contributed by atoms with E-state index in [2.05, 4.69) is 13.5 Å². The minimum absolute atomic E-state index is 0.727. The minimum Gasteiger partial charge on any atom is -0.493 e. The number of hydrogen-bond donors (Lipinski definition) is 0. The van der Waals surface area contributed by atoms with Gasteiger partial charge in [0.25, 0.3) is 0 Å². The zero-order chi connectivity index (χ0) is 12.3. The Balaban J connectivity index is 2.34. The molecule has 1 rings (SSSR count). The van der Waals surface area contributed by atoms with Crippen molar-refractivity contribution in [1.29, 1.82) is 0 Å². The molecule has 0 atom stereocenters. The zero-order valence-corrected chi connectivity index (χ0v) is 10.7. The first-order valence-corrected chi connectivity index (χ1v) is 6.33. The molecule has 0 aliphatic heterocycles. The molecule has 94 valence electrons. The highest BCUT2D eigenvalue weighted by molar-refractivity contribution is 5.32. The predicted octanol–water partition coefficient (Wildman–Crippen LogP) is 4.21. The summed E-state index contributed by atoms with van der Waals surface area (Å²) in [6.45, 7) is 7.34. The largest absolute Gasteiger partial charge is 0.493 e. The molecule has 0 saturated heterocycles. The lowest BCUT2D eigenvalue weighted by Crippen LogP contribution is -1.99. The van der Waals surface area contributed by atoms with Crippen molar-refractivity contribution in [2.24, 2.45) is 0 Å². The van der Waals surface area contributed by atoms with Gasteiger partial charge >= 0.3 is 0 Å². The van der Waals surface area contributed by atoms with Crippen molar-refractivity contribution < 1.29 is 9.47 Å². The number of unbranched alkanes of at least 4 members (excludes halogenated alkanes) is 2. The molecule has 0 radical (unpaired) electrons. The molecular formula is C15H22O2. The molecule has 0 saturated carbocycles. The second-order valence-corrected chi connectivity index (χ2v) is 3.96. The first-order chi connectivity index (χ1) is 8.36. The summed E-state index contributed by atoms with van der Waals surface area (Å²) in [6.07, 6.45) is 6.15. The number of ether oxygens (including phenoxy) is 2. The summed E-state index contributed by atoms with van der Waals surface area (Å²) < 4.78 is 11.2. The zero-order valence-electron chi connectivity index (χ0n) is 10.7. The second kappa shape index (κ2) is 8.68. The number of benzene rings is 1. The van der Waals surface area contributed by atoms with Crippen LogP contribution in [0.2, 0.25) is 0 Å². The van der Waals surface area contributed by atoms with Crippen LogP contribution in [0.1, 0.15) is 32.6 Å². The molecule has 0 unspecified atom stereocenters. The van der Waals surface area contributed by atoms with Crippen LogP contribution in [0.25, 0.3) is 0 Å². The van der Waals surface area contributed by atoms with E-state index in [1.807, 2.05) is 30.3 Å². The van der Waals surface area contributed by atoms with Gasteiger partial charge in [-0.05, 0) is 31.4 Å². The average molecular weight is 234 g/mol. The van der Waals surface area contributed by atoms with Crippen molar-refractivity contribution in [3.63, 3.8) is 0 Å². The van der Waals surface area contributed by atoms with Gasteiger partial charge in [-0.3, -0.25) is 0 Å². The van der Waals surface area contributed by atoms with Gasteiger partial charge < -0.3 is 9.47 Å². The van der Waals surface area contributed by atoms with Gasteiger partial charge in [0.1, 0.15) is 11.5 Å². The minimum atomic E-state index is 0.727. The van der Waals surface area contributed by atoms with Gasteiger partial charge in [0.05, 0.1) is 13.2 Å². The third-order valence-electron chi connectivity index (χ3n) is 2.39. The SMILES string of the molecule is C=CCCCOc1cccc(OCCCC)c1. The first-order valence-electron chi connectivity index (χ1n) is 6.33. The number of allylic oxidation sites excluding steroid dienone is 1. The molecule has 0 aliphatic rings. The van der Waals surface area contributed by atoms with Crippen molar-refractivity contribution in [1.82, 2.24) is 0 Å². The van der Waals surface area contributed by atoms with Crippen LogP contribution in [0, 0.1) is 0 Å². The van der Waals surface area contributed by atoms with Gasteiger partial charge in [-0.25, -0.2) is 0 Å². The number of rotatable bonds is 9. The maximum absolute atomic E-state index is 5.63. The molecule has 0 bridgehead atoms. The standard InChI is InChI=1S/C15H22O2/c1-3-5-7-12-17-15-10-8-9-14(13-15)16-11-6-4-2/h3,8-10,13H,1,4-7,11-12H2,2H3. The summed E-state index contributed by atoms with van der Waals surface area (Å²) in [7, 11) is 0. The van der Waals surface area contributed by atoms with E-state index in [4.69, 9.17) is 9.47 Å². The van der Waals surface area contributed by atoms with Crippen LogP contribution >= 0.6 is 0 Å². The molecule has 0 heterocycles. The smallest absolute Gasteiger partial charge is 0.122 e. The normalized spacial score (nSPS) is 9.94. The summed E-state index contributed by atoms with van der Waals surface area (Å²) >= 11 is 0. The highest BCUT2D eigenvalue weighted by atomic mass is 16.5. The average Bonchev–Trinajstić information content (AvgIpc) is 2.36. The molecule has 0 N–H and O–H groups in total. The lowest BCUT2D eigenvalue weighted by molar-refractivity contribution is 0.295. The summed E-state index contributed by atoms with van der Waals surface area (Å²) in [5.74, 6) is 1.77. The van der Waals surface area contributed by atoms with E-state index >= 15 is 0 Å². The van der Waals surface area contributed by atoms with E-state index in [9.17, 15) is 0 Å². The molecule has 1 aromatic rings. The van der Waals surface area contributed by atoms with E-state index in [0.717, 1.165) is 50.4 Å². The van der Waals surface area contributed by atoms with Gasteiger partial charge in [0.2, 0.25) is 0 Å². The molecule has 0 spiro atoms. The molecule has 0 amide bonds. The molecule has 0 aliphatic carbocycles. The van der Waals surface area contributed by atoms with Crippen molar-refractivity contribution in [3.05, 3.63) is 36.9 Å². The lowest BCUT2D eigenvalue weighted by Gasteiger charge is -2.08. The van der Waals surface area contributed by atoms with Gasteiger partial charge in [-0.2, -0.15) is 0 Å². The third-order valence-corrected chi connectivity index (χ3v) is 2.39. The fourth-order valence-corrected chi connectivity index (χ4v) is 1.41. The van der Waals surface area contributed by atoms with Crippen LogP contribution in [0.5, 0.6) is 11.5 Å².